The molecule has 0 spiro atoms. The van der Waals surface area contributed by atoms with Gasteiger partial charge in [-0.1, -0.05) is 37.3 Å². The molecular weight excluding hydrogens is 412 g/mol. The number of benzene rings is 2. The molecule has 3 aromatic rings. The number of hydrogen-bond donors (Lipinski definition) is 2. The molecule has 1 saturated heterocycles. The van der Waals surface area contributed by atoms with Crippen LogP contribution in [0, 0.1) is 5.92 Å². The fraction of sp³-hybridized carbons (Fsp3) is 0.391. The van der Waals surface area contributed by atoms with Crippen LogP contribution in [-0.2, 0) is 14.8 Å². The summed E-state index contributed by atoms with van der Waals surface area (Å²) in [6.07, 6.45) is 1.94. The highest BCUT2D eigenvalue weighted by Gasteiger charge is 2.32. The molecule has 4 rings (SSSR count). The first kappa shape index (κ1) is 21.5. The SMILES string of the molecule is CC[C@H](C)NC(=O)C1CCN(S(=O)(=O)c2ccc3nc(-c4ccccc4)[nH]c3c2)CC1. The van der Waals surface area contributed by atoms with Gasteiger partial charge in [0.05, 0.1) is 15.9 Å². The number of rotatable bonds is 6. The van der Waals surface area contributed by atoms with E-state index in [1.807, 2.05) is 44.2 Å². The molecule has 1 fully saturated rings. The number of imidazole rings is 1. The van der Waals surface area contributed by atoms with E-state index < -0.39 is 10.0 Å². The molecule has 1 atom stereocenters. The Labute approximate surface area is 182 Å². The van der Waals surface area contributed by atoms with Crippen LogP contribution in [0.2, 0.25) is 0 Å². The number of fused-ring (bicyclic) bond motifs is 1. The summed E-state index contributed by atoms with van der Waals surface area (Å²) in [6.45, 7) is 4.69. The summed E-state index contributed by atoms with van der Waals surface area (Å²) in [6, 6.07) is 14.8. The molecule has 31 heavy (non-hydrogen) atoms. The molecule has 2 N–H and O–H groups in total. The first-order valence-electron chi connectivity index (χ1n) is 10.7. The lowest BCUT2D eigenvalue weighted by molar-refractivity contribution is -0.126. The minimum absolute atomic E-state index is 0.0266. The van der Waals surface area contributed by atoms with Crippen LogP contribution in [0.15, 0.2) is 53.4 Å². The monoisotopic (exact) mass is 440 g/mol. The van der Waals surface area contributed by atoms with Gasteiger partial charge in [-0.15, -0.1) is 0 Å². The van der Waals surface area contributed by atoms with Crippen LogP contribution in [0.4, 0.5) is 0 Å². The van der Waals surface area contributed by atoms with Gasteiger partial charge >= 0.3 is 0 Å². The molecule has 0 aliphatic carbocycles. The number of carbonyl (C=O) groups is 1. The van der Waals surface area contributed by atoms with Gasteiger partial charge in [0.15, 0.2) is 0 Å². The average molecular weight is 441 g/mol. The van der Waals surface area contributed by atoms with E-state index in [2.05, 4.69) is 15.3 Å². The van der Waals surface area contributed by atoms with E-state index >= 15 is 0 Å². The van der Waals surface area contributed by atoms with Crippen LogP contribution in [0.3, 0.4) is 0 Å². The molecule has 2 heterocycles. The van der Waals surface area contributed by atoms with Crippen molar-refractivity contribution < 1.29 is 13.2 Å². The molecule has 1 aromatic heterocycles. The number of H-pyrrole nitrogens is 1. The summed E-state index contributed by atoms with van der Waals surface area (Å²) in [5.41, 5.74) is 2.35. The van der Waals surface area contributed by atoms with Crippen LogP contribution >= 0.6 is 0 Å². The predicted molar refractivity (Wildman–Crippen MR) is 121 cm³/mol. The molecule has 8 heteroatoms. The first-order valence-corrected chi connectivity index (χ1v) is 12.2. The van der Waals surface area contributed by atoms with E-state index in [-0.39, 0.29) is 22.8 Å². The predicted octanol–water partition coefficient (Wildman–Crippen LogP) is 3.55. The van der Waals surface area contributed by atoms with E-state index in [1.54, 1.807) is 18.2 Å². The normalized spacial score (nSPS) is 17.0. The Kier molecular flexibility index (Phi) is 6.11. The van der Waals surface area contributed by atoms with Gasteiger partial charge in [-0.25, -0.2) is 13.4 Å². The molecule has 0 saturated carbocycles. The molecule has 7 nitrogen and oxygen atoms in total. The molecule has 0 bridgehead atoms. The van der Waals surface area contributed by atoms with Crippen LogP contribution in [-0.4, -0.2) is 47.7 Å². The lowest BCUT2D eigenvalue weighted by Gasteiger charge is -2.31. The van der Waals surface area contributed by atoms with E-state index in [1.165, 1.54) is 4.31 Å². The molecule has 164 valence electrons. The maximum atomic E-state index is 13.2. The van der Waals surface area contributed by atoms with Gasteiger partial charge in [0.2, 0.25) is 15.9 Å². The zero-order chi connectivity index (χ0) is 22.0. The lowest BCUT2D eigenvalue weighted by Crippen LogP contribution is -2.44. The van der Waals surface area contributed by atoms with Crippen molar-refractivity contribution in [2.24, 2.45) is 5.92 Å². The summed E-state index contributed by atoms with van der Waals surface area (Å²) < 4.78 is 27.9. The highest BCUT2D eigenvalue weighted by Crippen LogP contribution is 2.27. The van der Waals surface area contributed by atoms with Gasteiger partial charge in [-0.3, -0.25) is 4.79 Å². The Balaban J connectivity index is 1.49. The van der Waals surface area contributed by atoms with Gasteiger partial charge < -0.3 is 10.3 Å². The molecule has 1 aliphatic rings. The number of aromatic amines is 1. The standard InChI is InChI=1S/C23H28N4O3S/c1-3-16(2)24-23(28)18-11-13-27(14-12-18)31(29,30)19-9-10-20-21(15-19)26-22(25-20)17-7-5-4-6-8-17/h4-10,15-16,18H,3,11-14H2,1-2H3,(H,24,28)(H,25,26)/t16-/m0/s1. The van der Waals surface area contributed by atoms with Crippen LogP contribution < -0.4 is 5.32 Å². The van der Waals surface area contributed by atoms with Crippen molar-refractivity contribution in [3.8, 4) is 11.4 Å². The Hall–Kier alpha value is -2.71. The summed E-state index contributed by atoms with van der Waals surface area (Å²) in [7, 11) is -3.63. The molecule has 0 unspecified atom stereocenters. The van der Waals surface area contributed by atoms with Gasteiger partial charge in [-0.05, 0) is 44.4 Å². The highest BCUT2D eigenvalue weighted by atomic mass is 32.2. The third-order valence-corrected chi connectivity index (χ3v) is 7.86. The molecule has 1 amide bonds. The Bertz CT molecular complexity index is 1170. The van der Waals surface area contributed by atoms with E-state index in [0.29, 0.717) is 37.3 Å². The first-order chi connectivity index (χ1) is 14.9. The Morgan fingerprint density at radius 3 is 2.58 bits per heavy atom. The molecule has 2 aromatic carbocycles. The van der Waals surface area contributed by atoms with Crippen molar-refractivity contribution in [3.63, 3.8) is 0 Å². The fourth-order valence-corrected chi connectivity index (χ4v) is 5.35. The summed E-state index contributed by atoms with van der Waals surface area (Å²) in [5, 5.41) is 3.00. The molecule has 0 radical (unpaired) electrons. The van der Waals surface area contributed by atoms with Crippen molar-refractivity contribution in [1.29, 1.82) is 0 Å². The number of hydrogen-bond acceptors (Lipinski definition) is 4. The maximum absolute atomic E-state index is 13.2. The topological polar surface area (TPSA) is 95.2 Å². The third-order valence-electron chi connectivity index (χ3n) is 5.96. The largest absolute Gasteiger partial charge is 0.353 e. The van der Waals surface area contributed by atoms with Crippen molar-refractivity contribution >= 4 is 27.0 Å². The molecule has 1 aliphatic heterocycles. The highest BCUT2D eigenvalue weighted by molar-refractivity contribution is 7.89. The summed E-state index contributed by atoms with van der Waals surface area (Å²) in [5.74, 6) is 0.598. The number of nitrogens with zero attached hydrogens (tertiary/aromatic N) is 2. The number of carbonyl (C=O) groups excluding carboxylic acids is 1. The quantitative estimate of drug-likeness (QED) is 0.613. The van der Waals surface area contributed by atoms with Crippen molar-refractivity contribution in [3.05, 3.63) is 48.5 Å². The number of amides is 1. The van der Waals surface area contributed by atoms with Crippen molar-refractivity contribution in [1.82, 2.24) is 19.6 Å². The van der Waals surface area contributed by atoms with E-state index in [0.717, 1.165) is 17.5 Å². The van der Waals surface area contributed by atoms with Crippen molar-refractivity contribution in [2.75, 3.05) is 13.1 Å². The fourth-order valence-electron chi connectivity index (χ4n) is 3.85. The molecular formula is C23H28N4O3S. The number of nitrogens with one attached hydrogen (secondary N) is 2. The Morgan fingerprint density at radius 2 is 1.90 bits per heavy atom. The second-order valence-electron chi connectivity index (χ2n) is 8.13. The third kappa shape index (κ3) is 4.50. The lowest BCUT2D eigenvalue weighted by atomic mass is 9.97. The Morgan fingerprint density at radius 1 is 1.19 bits per heavy atom. The van der Waals surface area contributed by atoms with Crippen LogP contribution in [0.25, 0.3) is 22.4 Å². The van der Waals surface area contributed by atoms with E-state index in [9.17, 15) is 13.2 Å². The van der Waals surface area contributed by atoms with Crippen LogP contribution in [0.5, 0.6) is 0 Å². The minimum atomic E-state index is -3.63. The zero-order valence-corrected chi connectivity index (χ0v) is 18.7. The average Bonchev–Trinajstić information content (AvgIpc) is 3.23. The number of piperidine rings is 1. The van der Waals surface area contributed by atoms with Gasteiger partial charge in [0, 0.05) is 30.6 Å². The van der Waals surface area contributed by atoms with Crippen molar-refractivity contribution in [2.45, 2.75) is 44.0 Å². The van der Waals surface area contributed by atoms with Crippen LogP contribution in [0.1, 0.15) is 33.1 Å². The summed E-state index contributed by atoms with van der Waals surface area (Å²) in [4.78, 5) is 20.4. The number of sulfonamides is 1. The zero-order valence-electron chi connectivity index (χ0n) is 17.8. The second-order valence-corrected chi connectivity index (χ2v) is 10.1. The maximum Gasteiger partial charge on any atom is 0.243 e. The van der Waals surface area contributed by atoms with E-state index in [4.69, 9.17) is 0 Å². The van der Waals surface area contributed by atoms with Gasteiger partial charge in [0.25, 0.3) is 0 Å². The van der Waals surface area contributed by atoms with Gasteiger partial charge in [0.1, 0.15) is 5.82 Å². The van der Waals surface area contributed by atoms with Gasteiger partial charge in [-0.2, -0.15) is 4.31 Å². The summed E-state index contributed by atoms with van der Waals surface area (Å²) >= 11 is 0. The number of aromatic nitrogens is 2. The second kappa shape index (κ2) is 8.80. The smallest absolute Gasteiger partial charge is 0.243 e. The minimum Gasteiger partial charge on any atom is -0.353 e.